The van der Waals surface area contributed by atoms with Crippen LogP contribution in [0.3, 0.4) is 0 Å². The molecule has 1 N–H and O–H groups in total. The molecule has 2 rings (SSSR count). The second-order valence-corrected chi connectivity index (χ2v) is 5.74. The molecule has 5 heteroatoms. The second kappa shape index (κ2) is 5.52. The van der Waals surface area contributed by atoms with Crippen LogP contribution in [0.15, 0.2) is 17.1 Å². The molecule has 0 saturated heterocycles. The van der Waals surface area contributed by atoms with Gasteiger partial charge in [-0.1, -0.05) is 0 Å². The van der Waals surface area contributed by atoms with E-state index in [4.69, 9.17) is 0 Å². The minimum atomic E-state index is 0.326. The monoisotopic (exact) mass is 253 g/mol. The van der Waals surface area contributed by atoms with Gasteiger partial charge in [-0.25, -0.2) is 9.97 Å². The predicted molar refractivity (Wildman–Crippen MR) is 69.1 cm³/mol. The third-order valence-corrected chi connectivity index (χ3v) is 3.93. The minimum Gasteiger partial charge on any atom is -0.308 e. The van der Waals surface area contributed by atoms with E-state index in [-0.39, 0.29) is 0 Å². The van der Waals surface area contributed by atoms with Crippen molar-refractivity contribution in [1.82, 2.24) is 15.3 Å². The lowest BCUT2D eigenvalue weighted by molar-refractivity contribution is 0.566. The highest BCUT2D eigenvalue weighted by atomic mass is 32.1. The molecule has 0 bridgehead atoms. The van der Waals surface area contributed by atoms with Crippen molar-refractivity contribution in [3.63, 3.8) is 0 Å². The summed E-state index contributed by atoms with van der Waals surface area (Å²) in [6.07, 6.45) is 2.93. The molecule has 3 nitrogen and oxygen atoms in total. The Bertz CT molecular complexity index is 422. The topological polar surface area (TPSA) is 37.8 Å². The van der Waals surface area contributed by atoms with Crippen LogP contribution >= 0.6 is 22.7 Å². The van der Waals surface area contributed by atoms with Crippen LogP contribution in [0.5, 0.6) is 0 Å². The van der Waals surface area contributed by atoms with Gasteiger partial charge in [0.05, 0.1) is 16.2 Å². The predicted octanol–water partition coefficient (Wildman–Crippen LogP) is 2.80. The Morgan fingerprint density at radius 1 is 1.44 bits per heavy atom. The van der Waals surface area contributed by atoms with Gasteiger partial charge < -0.3 is 5.32 Å². The maximum Gasteiger partial charge on any atom is 0.0940 e. The van der Waals surface area contributed by atoms with Crippen molar-refractivity contribution in [2.75, 3.05) is 6.54 Å². The lowest BCUT2D eigenvalue weighted by atomic mass is 10.2. The number of hydrogen-bond donors (Lipinski definition) is 1. The van der Waals surface area contributed by atoms with Gasteiger partial charge in [0.15, 0.2) is 0 Å². The molecule has 0 aliphatic carbocycles. The van der Waals surface area contributed by atoms with E-state index in [0.717, 1.165) is 18.7 Å². The fourth-order valence-corrected chi connectivity index (χ4v) is 2.89. The van der Waals surface area contributed by atoms with E-state index in [1.54, 1.807) is 22.7 Å². The standard InChI is InChI=1S/C11H15N3S2/c1-8-5-13-11(16-8)3-4-12-9(2)10-6-15-7-14-10/h5-7,9,12H,3-4H2,1-2H3. The molecule has 1 atom stereocenters. The first-order valence-corrected chi connectivity index (χ1v) is 7.04. The molecule has 0 spiro atoms. The van der Waals surface area contributed by atoms with Crippen LogP contribution in [0.1, 0.15) is 28.5 Å². The Balaban J connectivity index is 1.76. The van der Waals surface area contributed by atoms with Crippen LogP contribution in [0.4, 0.5) is 0 Å². The highest BCUT2D eigenvalue weighted by molar-refractivity contribution is 7.11. The first-order valence-electron chi connectivity index (χ1n) is 5.28. The van der Waals surface area contributed by atoms with Crippen molar-refractivity contribution < 1.29 is 0 Å². The summed E-state index contributed by atoms with van der Waals surface area (Å²) in [5.41, 5.74) is 3.00. The molecule has 86 valence electrons. The lowest BCUT2D eigenvalue weighted by Crippen LogP contribution is -2.21. The Labute approximate surface area is 104 Å². The van der Waals surface area contributed by atoms with Crippen LogP contribution in [0.2, 0.25) is 0 Å². The fraction of sp³-hybridized carbons (Fsp3) is 0.455. The molecule has 0 aromatic carbocycles. The molecular weight excluding hydrogens is 238 g/mol. The summed E-state index contributed by atoms with van der Waals surface area (Å²) in [6.45, 7) is 5.18. The molecule has 0 radical (unpaired) electrons. The number of thiazole rings is 2. The van der Waals surface area contributed by atoms with Gasteiger partial charge in [-0.15, -0.1) is 22.7 Å². The summed E-state index contributed by atoms with van der Waals surface area (Å²) in [5, 5.41) is 6.75. The molecule has 0 saturated carbocycles. The van der Waals surface area contributed by atoms with Gasteiger partial charge >= 0.3 is 0 Å². The Hall–Kier alpha value is -0.780. The van der Waals surface area contributed by atoms with Crippen molar-refractivity contribution in [3.05, 3.63) is 32.7 Å². The Morgan fingerprint density at radius 3 is 2.94 bits per heavy atom. The third-order valence-electron chi connectivity index (χ3n) is 2.35. The average Bonchev–Trinajstić information content (AvgIpc) is 2.89. The Morgan fingerprint density at radius 2 is 2.31 bits per heavy atom. The van der Waals surface area contributed by atoms with Crippen molar-refractivity contribution in [2.24, 2.45) is 0 Å². The zero-order valence-electron chi connectivity index (χ0n) is 9.43. The lowest BCUT2D eigenvalue weighted by Gasteiger charge is -2.10. The first kappa shape index (κ1) is 11.7. The molecule has 0 amide bonds. The zero-order chi connectivity index (χ0) is 11.4. The molecule has 2 aromatic heterocycles. The number of rotatable bonds is 5. The second-order valence-electron chi connectivity index (χ2n) is 3.70. The average molecular weight is 253 g/mol. The van der Waals surface area contributed by atoms with Crippen LogP contribution in [-0.2, 0) is 6.42 Å². The van der Waals surface area contributed by atoms with Crippen LogP contribution in [0, 0.1) is 6.92 Å². The number of nitrogens with one attached hydrogen (secondary N) is 1. The van der Waals surface area contributed by atoms with Crippen LogP contribution in [0.25, 0.3) is 0 Å². The molecule has 2 aromatic rings. The largest absolute Gasteiger partial charge is 0.308 e. The van der Waals surface area contributed by atoms with E-state index in [1.807, 2.05) is 11.7 Å². The molecule has 16 heavy (non-hydrogen) atoms. The molecule has 2 heterocycles. The van der Waals surface area contributed by atoms with Crippen LogP contribution < -0.4 is 5.32 Å². The van der Waals surface area contributed by atoms with Crippen LogP contribution in [-0.4, -0.2) is 16.5 Å². The normalized spacial score (nSPS) is 12.9. The molecule has 0 fully saturated rings. The zero-order valence-corrected chi connectivity index (χ0v) is 11.1. The summed E-state index contributed by atoms with van der Waals surface area (Å²) < 4.78 is 0. The molecule has 1 unspecified atom stereocenters. The summed E-state index contributed by atoms with van der Waals surface area (Å²) in [6, 6.07) is 0.326. The summed E-state index contributed by atoms with van der Waals surface area (Å²) in [5.74, 6) is 0. The number of hydrogen-bond acceptors (Lipinski definition) is 5. The maximum atomic E-state index is 4.34. The Kier molecular flexibility index (Phi) is 4.04. The molecule has 0 aliphatic heterocycles. The van der Waals surface area contributed by atoms with Gasteiger partial charge in [0.1, 0.15) is 0 Å². The van der Waals surface area contributed by atoms with Gasteiger partial charge in [-0.2, -0.15) is 0 Å². The maximum absolute atomic E-state index is 4.34. The van der Waals surface area contributed by atoms with E-state index >= 15 is 0 Å². The number of aromatic nitrogens is 2. The van der Waals surface area contributed by atoms with E-state index < -0.39 is 0 Å². The smallest absolute Gasteiger partial charge is 0.0940 e. The number of nitrogens with zero attached hydrogens (tertiary/aromatic N) is 2. The SMILES string of the molecule is Cc1cnc(CCNC(C)c2cscn2)s1. The highest BCUT2D eigenvalue weighted by Gasteiger charge is 2.06. The van der Waals surface area contributed by atoms with Gasteiger partial charge in [0, 0.05) is 35.5 Å². The summed E-state index contributed by atoms with van der Waals surface area (Å²) in [7, 11) is 0. The highest BCUT2D eigenvalue weighted by Crippen LogP contribution is 2.13. The minimum absolute atomic E-state index is 0.326. The van der Waals surface area contributed by atoms with Gasteiger partial charge in [0.2, 0.25) is 0 Å². The fourth-order valence-electron chi connectivity index (χ4n) is 1.45. The van der Waals surface area contributed by atoms with Crippen molar-refractivity contribution in [3.8, 4) is 0 Å². The van der Waals surface area contributed by atoms with E-state index in [0.29, 0.717) is 6.04 Å². The quantitative estimate of drug-likeness (QED) is 0.890. The van der Waals surface area contributed by atoms with Gasteiger partial charge in [-0.05, 0) is 13.8 Å². The van der Waals surface area contributed by atoms with E-state index in [2.05, 4.69) is 34.5 Å². The van der Waals surface area contributed by atoms with Gasteiger partial charge in [0.25, 0.3) is 0 Å². The van der Waals surface area contributed by atoms with Crippen molar-refractivity contribution in [2.45, 2.75) is 26.3 Å². The summed E-state index contributed by atoms with van der Waals surface area (Å²) in [4.78, 5) is 9.91. The summed E-state index contributed by atoms with van der Waals surface area (Å²) >= 11 is 3.41. The first-order chi connectivity index (χ1) is 7.75. The van der Waals surface area contributed by atoms with E-state index in [9.17, 15) is 0 Å². The van der Waals surface area contributed by atoms with E-state index in [1.165, 1.54) is 9.88 Å². The van der Waals surface area contributed by atoms with Crippen molar-refractivity contribution in [1.29, 1.82) is 0 Å². The van der Waals surface area contributed by atoms with Crippen molar-refractivity contribution >= 4 is 22.7 Å². The third kappa shape index (κ3) is 3.10. The molecular formula is C11H15N3S2. The molecule has 0 aliphatic rings. The van der Waals surface area contributed by atoms with Gasteiger partial charge in [-0.3, -0.25) is 0 Å². The number of aryl methyl sites for hydroxylation is 1.